The molecule has 0 saturated heterocycles. The Balaban J connectivity index is 2.46. The molecule has 18 heavy (non-hydrogen) atoms. The van der Waals surface area contributed by atoms with Gasteiger partial charge in [-0.05, 0) is 40.2 Å². The summed E-state index contributed by atoms with van der Waals surface area (Å²) in [4.78, 5) is 8.65. The minimum absolute atomic E-state index is 0.122. The lowest BCUT2D eigenvalue weighted by molar-refractivity contribution is 0.232. The van der Waals surface area contributed by atoms with E-state index in [1.807, 2.05) is 26.8 Å². The SMILES string of the molecule is Cc1cc(OC(C)C)nc(NCCCCCN)n1. The number of nitrogens with two attached hydrogens (primary N) is 1. The largest absolute Gasteiger partial charge is 0.475 e. The molecule has 0 saturated carbocycles. The quantitative estimate of drug-likeness (QED) is 0.693. The Morgan fingerprint density at radius 1 is 1.28 bits per heavy atom. The summed E-state index contributed by atoms with van der Waals surface area (Å²) in [6, 6.07) is 1.85. The normalized spacial score (nSPS) is 10.7. The second-order valence-electron chi connectivity index (χ2n) is 4.61. The van der Waals surface area contributed by atoms with Gasteiger partial charge in [0.25, 0.3) is 0 Å². The number of nitrogens with zero attached hydrogens (tertiary/aromatic N) is 2. The highest BCUT2D eigenvalue weighted by molar-refractivity contribution is 5.30. The number of aryl methyl sites for hydroxylation is 1. The second kappa shape index (κ2) is 7.87. The Kier molecular flexibility index (Phi) is 6.43. The summed E-state index contributed by atoms with van der Waals surface area (Å²) < 4.78 is 5.57. The maximum Gasteiger partial charge on any atom is 0.226 e. The first-order valence-corrected chi connectivity index (χ1v) is 6.58. The molecule has 0 aliphatic rings. The van der Waals surface area contributed by atoms with Crippen LogP contribution in [0.5, 0.6) is 5.88 Å². The molecule has 5 nitrogen and oxygen atoms in total. The van der Waals surface area contributed by atoms with Crippen molar-refractivity contribution in [2.45, 2.75) is 46.1 Å². The molecular formula is C13H24N4O. The summed E-state index contributed by atoms with van der Waals surface area (Å²) in [6.45, 7) is 7.53. The molecule has 0 atom stereocenters. The van der Waals surface area contributed by atoms with E-state index in [9.17, 15) is 0 Å². The molecule has 0 spiro atoms. The molecule has 0 amide bonds. The predicted octanol–water partition coefficient (Wildman–Crippen LogP) is 2.11. The number of hydrogen-bond donors (Lipinski definition) is 2. The molecule has 0 radical (unpaired) electrons. The van der Waals surface area contributed by atoms with Crippen LogP contribution in [0.3, 0.4) is 0 Å². The molecule has 0 aliphatic carbocycles. The van der Waals surface area contributed by atoms with Crippen molar-refractivity contribution in [3.8, 4) is 5.88 Å². The van der Waals surface area contributed by atoms with Crippen LogP contribution in [0.25, 0.3) is 0 Å². The number of nitrogens with one attached hydrogen (secondary N) is 1. The van der Waals surface area contributed by atoms with E-state index < -0.39 is 0 Å². The van der Waals surface area contributed by atoms with Crippen molar-refractivity contribution in [1.82, 2.24) is 9.97 Å². The van der Waals surface area contributed by atoms with Gasteiger partial charge in [-0.2, -0.15) is 4.98 Å². The van der Waals surface area contributed by atoms with Crippen molar-refractivity contribution in [3.63, 3.8) is 0 Å². The highest BCUT2D eigenvalue weighted by Crippen LogP contribution is 2.13. The number of aromatic nitrogens is 2. The molecule has 1 rings (SSSR count). The third-order valence-corrected chi connectivity index (χ3v) is 2.35. The van der Waals surface area contributed by atoms with Crippen LogP contribution >= 0.6 is 0 Å². The molecule has 102 valence electrons. The van der Waals surface area contributed by atoms with Gasteiger partial charge in [0.05, 0.1) is 6.10 Å². The first-order valence-electron chi connectivity index (χ1n) is 6.58. The lowest BCUT2D eigenvalue weighted by atomic mass is 10.2. The van der Waals surface area contributed by atoms with E-state index in [4.69, 9.17) is 10.5 Å². The molecule has 0 aliphatic heterocycles. The molecule has 3 N–H and O–H groups in total. The molecule has 0 aromatic carbocycles. The number of rotatable bonds is 8. The summed E-state index contributed by atoms with van der Waals surface area (Å²) in [5.41, 5.74) is 6.35. The van der Waals surface area contributed by atoms with E-state index in [2.05, 4.69) is 15.3 Å². The lowest BCUT2D eigenvalue weighted by Crippen LogP contribution is -2.11. The van der Waals surface area contributed by atoms with Gasteiger partial charge >= 0.3 is 0 Å². The van der Waals surface area contributed by atoms with Gasteiger partial charge in [0.2, 0.25) is 11.8 Å². The van der Waals surface area contributed by atoms with Crippen LogP contribution in [0, 0.1) is 6.92 Å². The Morgan fingerprint density at radius 3 is 2.72 bits per heavy atom. The first kappa shape index (κ1) is 14.7. The van der Waals surface area contributed by atoms with E-state index in [0.29, 0.717) is 11.8 Å². The summed E-state index contributed by atoms with van der Waals surface area (Å²) in [5, 5.41) is 3.21. The molecule has 0 unspecified atom stereocenters. The van der Waals surface area contributed by atoms with E-state index in [1.165, 1.54) is 0 Å². The smallest absolute Gasteiger partial charge is 0.226 e. The fourth-order valence-electron chi connectivity index (χ4n) is 1.57. The fraction of sp³-hybridized carbons (Fsp3) is 0.692. The van der Waals surface area contributed by atoms with Crippen LogP contribution in [0.4, 0.5) is 5.95 Å². The zero-order chi connectivity index (χ0) is 13.4. The van der Waals surface area contributed by atoms with Gasteiger partial charge < -0.3 is 15.8 Å². The molecule has 5 heteroatoms. The average molecular weight is 252 g/mol. The molecule has 0 bridgehead atoms. The number of unbranched alkanes of at least 4 members (excludes halogenated alkanes) is 2. The van der Waals surface area contributed by atoms with E-state index in [0.717, 1.165) is 38.0 Å². The third-order valence-electron chi connectivity index (χ3n) is 2.35. The highest BCUT2D eigenvalue weighted by Gasteiger charge is 2.04. The van der Waals surface area contributed by atoms with Gasteiger partial charge in [-0.3, -0.25) is 0 Å². The van der Waals surface area contributed by atoms with Crippen LogP contribution in [0.15, 0.2) is 6.07 Å². The van der Waals surface area contributed by atoms with Gasteiger partial charge in [0.15, 0.2) is 0 Å². The third kappa shape index (κ3) is 5.82. The van der Waals surface area contributed by atoms with Crippen molar-refractivity contribution >= 4 is 5.95 Å². The standard InChI is InChI=1S/C13H24N4O/c1-10(2)18-12-9-11(3)16-13(17-12)15-8-6-4-5-7-14/h9-10H,4-8,14H2,1-3H3,(H,15,16,17). The van der Waals surface area contributed by atoms with Crippen LogP contribution < -0.4 is 15.8 Å². The van der Waals surface area contributed by atoms with Crippen molar-refractivity contribution in [2.75, 3.05) is 18.4 Å². The minimum atomic E-state index is 0.122. The maximum absolute atomic E-state index is 5.57. The Morgan fingerprint density at radius 2 is 2.06 bits per heavy atom. The fourth-order valence-corrected chi connectivity index (χ4v) is 1.57. The monoisotopic (exact) mass is 252 g/mol. The van der Waals surface area contributed by atoms with Gasteiger partial charge in [0.1, 0.15) is 0 Å². The van der Waals surface area contributed by atoms with Crippen molar-refractivity contribution in [2.24, 2.45) is 5.73 Å². The number of hydrogen-bond acceptors (Lipinski definition) is 5. The van der Waals surface area contributed by atoms with Crippen LogP contribution in [-0.4, -0.2) is 29.2 Å². The van der Waals surface area contributed by atoms with E-state index in [1.54, 1.807) is 0 Å². The second-order valence-corrected chi connectivity index (χ2v) is 4.61. The zero-order valence-electron chi connectivity index (χ0n) is 11.6. The summed E-state index contributed by atoms with van der Waals surface area (Å²) in [6.07, 6.45) is 3.40. The number of ether oxygens (including phenoxy) is 1. The van der Waals surface area contributed by atoms with E-state index >= 15 is 0 Å². The molecule has 1 heterocycles. The maximum atomic E-state index is 5.57. The first-order chi connectivity index (χ1) is 8.61. The average Bonchev–Trinajstić information content (AvgIpc) is 2.27. The highest BCUT2D eigenvalue weighted by atomic mass is 16.5. The zero-order valence-corrected chi connectivity index (χ0v) is 11.6. The lowest BCUT2D eigenvalue weighted by Gasteiger charge is -2.11. The molecule has 1 aromatic rings. The van der Waals surface area contributed by atoms with Crippen molar-refractivity contribution in [1.29, 1.82) is 0 Å². The minimum Gasteiger partial charge on any atom is -0.475 e. The van der Waals surface area contributed by atoms with Crippen molar-refractivity contribution < 1.29 is 4.74 Å². The van der Waals surface area contributed by atoms with Gasteiger partial charge in [-0.1, -0.05) is 6.42 Å². The topological polar surface area (TPSA) is 73.1 Å². The van der Waals surface area contributed by atoms with Gasteiger partial charge in [-0.25, -0.2) is 4.98 Å². The van der Waals surface area contributed by atoms with Crippen LogP contribution in [-0.2, 0) is 0 Å². The van der Waals surface area contributed by atoms with Crippen molar-refractivity contribution in [3.05, 3.63) is 11.8 Å². The summed E-state index contributed by atoms with van der Waals surface area (Å²) >= 11 is 0. The summed E-state index contributed by atoms with van der Waals surface area (Å²) in [5.74, 6) is 1.26. The molecule has 0 fully saturated rings. The van der Waals surface area contributed by atoms with Gasteiger partial charge in [0, 0.05) is 18.3 Å². The molecular weight excluding hydrogens is 228 g/mol. The van der Waals surface area contributed by atoms with E-state index in [-0.39, 0.29) is 6.10 Å². The predicted molar refractivity (Wildman–Crippen MR) is 73.9 cm³/mol. The van der Waals surface area contributed by atoms with Crippen LogP contribution in [0.2, 0.25) is 0 Å². The Labute approximate surface area is 109 Å². The summed E-state index contributed by atoms with van der Waals surface area (Å²) in [7, 11) is 0. The number of anilines is 1. The molecule has 1 aromatic heterocycles. The Bertz CT molecular complexity index is 355. The van der Waals surface area contributed by atoms with Crippen LogP contribution in [0.1, 0.15) is 38.8 Å². The van der Waals surface area contributed by atoms with Gasteiger partial charge in [-0.15, -0.1) is 0 Å². The Hall–Kier alpha value is -1.36.